The van der Waals surface area contributed by atoms with Crippen LogP contribution in [-0.4, -0.2) is 25.0 Å². The van der Waals surface area contributed by atoms with Gasteiger partial charge in [-0.05, 0) is 24.1 Å². The van der Waals surface area contributed by atoms with Gasteiger partial charge in [-0.2, -0.15) is 0 Å². The number of benzene rings is 1. The standard InChI is InChI=1S/C10H15N2O3/c1-15-7-9(11)6-8-2-4-10(5-3-8)12(13)14/h2-5,9,13H,6-7,11H2,1H3/q-1/t9-/m1/s1. The third-order valence-electron chi connectivity index (χ3n) is 2.04. The number of ether oxygens (including phenoxy) is 1. The average molecular weight is 211 g/mol. The summed E-state index contributed by atoms with van der Waals surface area (Å²) in [7, 11) is 1.60. The van der Waals surface area contributed by atoms with Gasteiger partial charge in [-0.25, -0.2) is 0 Å². The molecule has 1 atom stereocenters. The van der Waals surface area contributed by atoms with Crippen LogP contribution in [0.4, 0.5) is 5.69 Å². The highest BCUT2D eigenvalue weighted by Crippen LogP contribution is 2.13. The van der Waals surface area contributed by atoms with Gasteiger partial charge < -0.3 is 20.9 Å². The first kappa shape index (κ1) is 11.9. The lowest BCUT2D eigenvalue weighted by Crippen LogP contribution is -2.27. The van der Waals surface area contributed by atoms with Gasteiger partial charge in [0.25, 0.3) is 0 Å². The van der Waals surface area contributed by atoms with E-state index in [9.17, 15) is 5.21 Å². The van der Waals surface area contributed by atoms with Gasteiger partial charge in [-0.3, -0.25) is 5.21 Å². The highest BCUT2D eigenvalue weighted by Gasteiger charge is 2.03. The second-order valence-electron chi connectivity index (χ2n) is 3.36. The summed E-state index contributed by atoms with van der Waals surface area (Å²) in [5.74, 6) is 0. The number of anilines is 1. The van der Waals surface area contributed by atoms with Gasteiger partial charge in [-0.1, -0.05) is 12.1 Å². The third kappa shape index (κ3) is 3.85. The molecule has 0 spiro atoms. The second kappa shape index (κ2) is 5.67. The van der Waals surface area contributed by atoms with Crippen molar-refractivity contribution in [2.45, 2.75) is 12.5 Å². The fourth-order valence-corrected chi connectivity index (χ4v) is 1.34. The van der Waals surface area contributed by atoms with E-state index in [4.69, 9.17) is 15.7 Å². The van der Waals surface area contributed by atoms with Crippen LogP contribution in [0.15, 0.2) is 24.3 Å². The summed E-state index contributed by atoms with van der Waals surface area (Å²) in [5.41, 5.74) is 6.98. The Bertz CT molecular complexity index is 287. The fraction of sp³-hybridized carbons (Fsp3) is 0.400. The van der Waals surface area contributed by atoms with Gasteiger partial charge in [0, 0.05) is 13.2 Å². The molecule has 84 valence electrons. The zero-order chi connectivity index (χ0) is 11.3. The maximum atomic E-state index is 10.5. The Balaban J connectivity index is 2.56. The summed E-state index contributed by atoms with van der Waals surface area (Å²) in [6, 6.07) is 6.54. The molecule has 0 aliphatic carbocycles. The molecule has 1 aromatic rings. The Morgan fingerprint density at radius 3 is 2.53 bits per heavy atom. The van der Waals surface area contributed by atoms with E-state index in [1.54, 1.807) is 31.4 Å². The van der Waals surface area contributed by atoms with E-state index in [-0.39, 0.29) is 17.0 Å². The van der Waals surface area contributed by atoms with Gasteiger partial charge in [0.15, 0.2) is 0 Å². The molecule has 0 aliphatic rings. The zero-order valence-corrected chi connectivity index (χ0v) is 8.59. The molecule has 0 fully saturated rings. The smallest absolute Gasteiger partial charge is 0.0616 e. The Labute approximate surface area is 88.6 Å². The van der Waals surface area contributed by atoms with Crippen LogP contribution in [0.3, 0.4) is 0 Å². The topological polar surface area (TPSA) is 81.8 Å². The van der Waals surface area contributed by atoms with Crippen LogP contribution in [0.2, 0.25) is 0 Å². The van der Waals surface area contributed by atoms with Crippen molar-refractivity contribution >= 4 is 5.69 Å². The van der Waals surface area contributed by atoms with Crippen molar-refractivity contribution in [3.8, 4) is 0 Å². The fourth-order valence-electron chi connectivity index (χ4n) is 1.34. The zero-order valence-electron chi connectivity index (χ0n) is 8.59. The molecule has 0 saturated carbocycles. The van der Waals surface area contributed by atoms with Gasteiger partial charge in [0.2, 0.25) is 0 Å². The van der Waals surface area contributed by atoms with Crippen molar-refractivity contribution in [2.75, 3.05) is 18.9 Å². The van der Waals surface area contributed by atoms with Crippen LogP contribution in [-0.2, 0) is 11.2 Å². The molecule has 15 heavy (non-hydrogen) atoms. The van der Waals surface area contributed by atoms with E-state index in [2.05, 4.69) is 0 Å². The maximum absolute atomic E-state index is 10.5. The molecular formula is C10H15N2O3-. The lowest BCUT2D eigenvalue weighted by Gasteiger charge is -2.21. The van der Waals surface area contributed by atoms with Crippen molar-refractivity contribution in [3.63, 3.8) is 0 Å². The van der Waals surface area contributed by atoms with Crippen LogP contribution < -0.4 is 11.0 Å². The lowest BCUT2D eigenvalue weighted by molar-refractivity contribution is 0.180. The third-order valence-corrected chi connectivity index (χ3v) is 2.04. The molecule has 0 aliphatic heterocycles. The Hall–Kier alpha value is -1.14. The Morgan fingerprint density at radius 2 is 2.07 bits per heavy atom. The predicted octanol–water partition coefficient (Wildman–Crippen LogP) is 0.896. The van der Waals surface area contributed by atoms with Crippen LogP contribution in [0.1, 0.15) is 5.56 Å². The normalized spacial score (nSPS) is 12.5. The molecule has 0 bridgehead atoms. The molecule has 0 saturated heterocycles. The highest BCUT2D eigenvalue weighted by atomic mass is 16.8. The summed E-state index contributed by atoms with van der Waals surface area (Å²) in [6.07, 6.45) is 0.679. The van der Waals surface area contributed by atoms with E-state index in [1.807, 2.05) is 0 Å². The number of nitrogens with two attached hydrogens (primary N) is 1. The summed E-state index contributed by atoms with van der Waals surface area (Å²) >= 11 is 0. The van der Waals surface area contributed by atoms with E-state index in [0.717, 1.165) is 5.56 Å². The van der Waals surface area contributed by atoms with E-state index in [0.29, 0.717) is 13.0 Å². The van der Waals surface area contributed by atoms with Crippen molar-refractivity contribution in [1.82, 2.24) is 0 Å². The van der Waals surface area contributed by atoms with Crippen LogP contribution >= 0.6 is 0 Å². The van der Waals surface area contributed by atoms with Crippen molar-refractivity contribution in [1.29, 1.82) is 0 Å². The molecule has 1 aromatic carbocycles. The molecule has 0 aromatic heterocycles. The number of hydrogen-bond donors (Lipinski definition) is 2. The molecule has 0 radical (unpaired) electrons. The molecule has 1 rings (SSSR count). The summed E-state index contributed by atoms with van der Waals surface area (Å²) < 4.78 is 4.91. The first-order valence-electron chi connectivity index (χ1n) is 4.63. The minimum absolute atomic E-state index is 0.0571. The maximum Gasteiger partial charge on any atom is 0.0616 e. The van der Waals surface area contributed by atoms with Crippen molar-refractivity contribution < 1.29 is 9.94 Å². The predicted molar refractivity (Wildman–Crippen MR) is 57.6 cm³/mol. The first-order valence-corrected chi connectivity index (χ1v) is 4.63. The van der Waals surface area contributed by atoms with Crippen LogP contribution in [0, 0.1) is 5.21 Å². The number of rotatable bonds is 5. The quantitative estimate of drug-likeness (QED) is 0.707. The first-order chi connectivity index (χ1) is 7.13. The minimum Gasteiger partial charge on any atom is -0.733 e. The van der Waals surface area contributed by atoms with E-state index >= 15 is 0 Å². The number of nitrogens with zero attached hydrogens (tertiary/aromatic N) is 1. The molecule has 5 nitrogen and oxygen atoms in total. The van der Waals surface area contributed by atoms with Gasteiger partial charge >= 0.3 is 0 Å². The van der Waals surface area contributed by atoms with Crippen molar-refractivity contribution in [2.24, 2.45) is 5.73 Å². The summed E-state index contributed by atoms with van der Waals surface area (Å²) in [4.78, 5) is 0. The van der Waals surface area contributed by atoms with E-state index in [1.165, 1.54) is 0 Å². The molecule has 0 unspecified atom stereocenters. The molecule has 5 heteroatoms. The molecule has 3 N–H and O–H groups in total. The number of methoxy groups -OCH3 is 1. The number of hydrogen-bond acceptors (Lipinski definition) is 5. The highest BCUT2D eigenvalue weighted by molar-refractivity contribution is 5.45. The Morgan fingerprint density at radius 1 is 1.47 bits per heavy atom. The van der Waals surface area contributed by atoms with Crippen molar-refractivity contribution in [3.05, 3.63) is 35.0 Å². The Kier molecular flexibility index (Phi) is 4.51. The van der Waals surface area contributed by atoms with Gasteiger partial charge in [0.1, 0.15) is 0 Å². The van der Waals surface area contributed by atoms with Crippen LogP contribution in [0.25, 0.3) is 0 Å². The monoisotopic (exact) mass is 211 g/mol. The summed E-state index contributed by atoms with van der Waals surface area (Å²) in [5, 5.41) is 19.0. The molecule has 0 heterocycles. The van der Waals surface area contributed by atoms with Crippen LogP contribution in [0.5, 0.6) is 0 Å². The molecular weight excluding hydrogens is 196 g/mol. The van der Waals surface area contributed by atoms with E-state index < -0.39 is 0 Å². The minimum atomic E-state index is -0.168. The average Bonchev–Trinajstić information content (AvgIpc) is 2.18. The van der Waals surface area contributed by atoms with Gasteiger partial charge in [-0.15, -0.1) is 0 Å². The summed E-state index contributed by atoms with van der Waals surface area (Å²) in [6.45, 7) is 0.495. The lowest BCUT2D eigenvalue weighted by atomic mass is 10.1. The molecule has 0 amide bonds. The SMILES string of the molecule is COC[C@H](N)Cc1ccc(N([O-])O)cc1. The van der Waals surface area contributed by atoms with Gasteiger partial charge in [0.05, 0.1) is 12.3 Å². The largest absolute Gasteiger partial charge is 0.733 e. The second-order valence-corrected chi connectivity index (χ2v) is 3.36.